The zero-order valence-electron chi connectivity index (χ0n) is 11.9. The summed E-state index contributed by atoms with van der Waals surface area (Å²) in [6, 6.07) is 5.78. The van der Waals surface area contributed by atoms with Crippen molar-refractivity contribution < 1.29 is 27.4 Å². The van der Waals surface area contributed by atoms with E-state index in [1.54, 1.807) is 0 Å². The van der Waals surface area contributed by atoms with E-state index in [-0.39, 0.29) is 27.1 Å². The van der Waals surface area contributed by atoms with Crippen LogP contribution in [0.5, 0.6) is 11.5 Å². The zero-order valence-corrected chi connectivity index (χ0v) is 15.0. The molecule has 0 spiro atoms. The number of hydrogen-bond donors (Lipinski definition) is 0. The van der Waals surface area contributed by atoms with Crippen molar-refractivity contribution in [2.45, 2.75) is 6.18 Å². The molecule has 2 aromatic rings. The molecule has 0 saturated carbocycles. The third-order valence-corrected chi connectivity index (χ3v) is 4.14. The fourth-order valence-corrected chi connectivity index (χ4v) is 2.75. The molecule has 0 radical (unpaired) electrons. The van der Waals surface area contributed by atoms with Gasteiger partial charge in [0.05, 0.1) is 28.3 Å². The Bertz CT molecular complexity index is 771. The largest absolute Gasteiger partial charge is 0.465 e. The molecule has 3 nitrogen and oxygen atoms in total. The lowest BCUT2D eigenvalue weighted by molar-refractivity contribution is -0.137. The van der Waals surface area contributed by atoms with Gasteiger partial charge in [0.25, 0.3) is 0 Å². The molecule has 0 saturated heterocycles. The van der Waals surface area contributed by atoms with Gasteiger partial charge in [-0.05, 0) is 46.3 Å². The van der Waals surface area contributed by atoms with Crippen molar-refractivity contribution in [1.82, 2.24) is 0 Å². The van der Waals surface area contributed by atoms with Gasteiger partial charge < -0.3 is 9.47 Å². The monoisotopic (exact) mass is 442 g/mol. The topological polar surface area (TPSA) is 35.5 Å². The summed E-state index contributed by atoms with van der Waals surface area (Å²) >= 11 is 14.9. The first-order chi connectivity index (χ1) is 11.1. The van der Waals surface area contributed by atoms with Crippen molar-refractivity contribution in [3.8, 4) is 11.5 Å². The highest BCUT2D eigenvalue weighted by atomic mass is 79.9. The Morgan fingerprint density at radius 2 is 1.71 bits per heavy atom. The molecule has 0 aliphatic heterocycles. The molecule has 0 aliphatic carbocycles. The molecule has 0 fully saturated rings. The summed E-state index contributed by atoms with van der Waals surface area (Å²) in [5.74, 6) is -0.608. The van der Waals surface area contributed by atoms with E-state index in [0.29, 0.717) is 16.6 Å². The summed E-state index contributed by atoms with van der Waals surface area (Å²) in [7, 11) is 1.21. The van der Waals surface area contributed by atoms with E-state index in [0.717, 1.165) is 0 Å². The first-order valence-electron chi connectivity index (χ1n) is 6.25. The van der Waals surface area contributed by atoms with Crippen LogP contribution in [0.2, 0.25) is 10.0 Å². The molecule has 9 heteroatoms. The van der Waals surface area contributed by atoms with Crippen LogP contribution in [0.1, 0.15) is 15.9 Å². The van der Waals surface area contributed by atoms with Gasteiger partial charge in [0.15, 0.2) is 5.75 Å². The molecule has 0 atom stereocenters. The minimum Gasteiger partial charge on any atom is -0.465 e. The number of ether oxygens (including phenoxy) is 2. The predicted molar refractivity (Wildman–Crippen MR) is 87.0 cm³/mol. The van der Waals surface area contributed by atoms with Crippen molar-refractivity contribution in [2.24, 2.45) is 0 Å². The number of carbonyl (C=O) groups excluding carboxylic acids is 1. The predicted octanol–water partition coefficient (Wildman–Crippen LogP) is 6.35. The van der Waals surface area contributed by atoms with Gasteiger partial charge >= 0.3 is 12.1 Å². The number of hydrogen-bond acceptors (Lipinski definition) is 3. The molecule has 0 N–H and O–H groups in total. The number of methoxy groups -OCH3 is 1. The Kier molecular flexibility index (Phi) is 5.67. The summed E-state index contributed by atoms with van der Waals surface area (Å²) in [6.45, 7) is 0. The lowest BCUT2D eigenvalue weighted by atomic mass is 10.2. The fraction of sp³-hybridized carbons (Fsp3) is 0.133. The maximum Gasteiger partial charge on any atom is 0.416 e. The third-order valence-electron chi connectivity index (χ3n) is 2.89. The van der Waals surface area contributed by atoms with E-state index in [2.05, 4.69) is 20.7 Å². The Morgan fingerprint density at radius 1 is 1.12 bits per heavy atom. The number of esters is 1. The Morgan fingerprint density at radius 3 is 2.21 bits per heavy atom. The van der Waals surface area contributed by atoms with Gasteiger partial charge in [0.2, 0.25) is 0 Å². The smallest absolute Gasteiger partial charge is 0.416 e. The average molecular weight is 444 g/mol. The molecular weight excluding hydrogens is 436 g/mol. The molecular formula is C15H8BrCl2F3O3. The molecule has 0 unspecified atom stereocenters. The quantitative estimate of drug-likeness (QED) is 0.518. The van der Waals surface area contributed by atoms with E-state index in [1.165, 1.54) is 25.3 Å². The molecule has 0 aromatic heterocycles. The van der Waals surface area contributed by atoms with E-state index < -0.39 is 17.7 Å². The number of benzene rings is 2. The minimum absolute atomic E-state index is 0.149. The van der Waals surface area contributed by atoms with Crippen molar-refractivity contribution in [1.29, 1.82) is 0 Å². The van der Waals surface area contributed by atoms with Crippen LogP contribution in [0.15, 0.2) is 34.8 Å². The van der Waals surface area contributed by atoms with Crippen LogP contribution < -0.4 is 4.74 Å². The van der Waals surface area contributed by atoms with E-state index in [1.807, 2.05) is 0 Å². The van der Waals surface area contributed by atoms with Crippen LogP contribution in [0.25, 0.3) is 0 Å². The molecule has 2 rings (SSSR count). The molecule has 24 heavy (non-hydrogen) atoms. The minimum atomic E-state index is -4.58. The molecule has 0 amide bonds. The first-order valence-corrected chi connectivity index (χ1v) is 7.80. The highest BCUT2D eigenvalue weighted by molar-refractivity contribution is 9.10. The number of alkyl halides is 3. The maximum atomic E-state index is 12.7. The van der Waals surface area contributed by atoms with Gasteiger partial charge in [-0.2, -0.15) is 13.2 Å². The van der Waals surface area contributed by atoms with E-state index >= 15 is 0 Å². The second kappa shape index (κ2) is 7.21. The SMILES string of the molecule is COC(=O)c1cc(Oc2c(Cl)cc(C(F)(F)F)cc2Cl)ccc1Br. The Labute approximate surface area is 153 Å². The second-order valence-corrected chi connectivity index (χ2v) is 6.17. The fourth-order valence-electron chi connectivity index (χ4n) is 1.77. The zero-order chi connectivity index (χ0) is 18.1. The standard InChI is InChI=1S/C15H8BrCl2F3O3/c1-23-14(22)9-6-8(2-3-10(9)16)24-13-11(17)4-7(5-12(13)18)15(19,20)21/h2-6H,1H3. The van der Waals surface area contributed by atoms with Crippen LogP contribution in [0.4, 0.5) is 13.2 Å². The van der Waals surface area contributed by atoms with Crippen molar-refractivity contribution >= 4 is 45.1 Å². The van der Waals surface area contributed by atoms with Gasteiger partial charge in [-0.15, -0.1) is 0 Å². The molecule has 2 aromatic carbocycles. The van der Waals surface area contributed by atoms with Crippen LogP contribution in [-0.2, 0) is 10.9 Å². The highest BCUT2D eigenvalue weighted by Crippen LogP contribution is 2.42. The third kappa shape index (κ3) is 4.15. The lowest BCUT2D eigenvalue weighted by Gasteiger charge is -2.14. The molecule has 0 heterocycles. The Balaban J connectivity index is 2.40. The average Bonchev–Trinajstić information content (AvgIpc) is 2.50. The molecule has 128 valence electrons. The van der Waals surface area contributed by atoms with Gasteiger partial charge in [0, 0.05) is 4.47 Å². The second-order valence-electron chi connectivity index (χ2n) is 4.50. The Hall–Kier alpha value is -1.44. The summed E-state index contributed by atoms with van der Waals surface area (Å²) in [5, 5.41) is -0.616. The first kappa shape index (κ1) is 18.9. The van der Waals surface area contributed by atoms with Crippen molar-refractivity contribution in [3.05, 3.63) is 56.0 Å². The summed E-state index contributed by atoms with van der Waals surface area (Å²) in [4.78, 5) is 11.6. The lowest BCUT2D eigenvalue weighted by Crippen LogP contribution is -2.05. The van der Waals surface area contributed by atoms with Gasteiger partial charge in [0.1, 0.15) is 5.75 Å². The number of carbonyl (C=O) groups is 1. The molecule has 0 bridgehead atoms. The summed E-state index contributed by atoms with van der Waals surface area (Å²) in [5.41, 5.74) is -0.815. The summed E-state index contributed by atoms with van der Waals surface area (Å²) in [6.07, 6.45) is -4.58. The van der Waals surface area contributed by atoms with Crippen molar-refractivity contribution in [3.63, 3.8) is 0 Å². The van der Waals surface area contributed by atoms with Gasteiger partial charge in [-0.1, -0.05) is 23.2 Å². The van der Waals surface area contributed by atoms with E-state index in [4.69, 9.17) is 27.9 Å². The normalized spacial score (nSPS) is 11.3. The summed E-state index contributed by atoms with van der Waals surface area (Å²) < 4.78 is 48.7. The van der Waals surface area contributed by atoms with Crippen LogP contribution >= 0.6 is 39.1 Å². The van der Waals surface area contributed by atoms with Gasteiger partial charge in [-0.3, -0.25) is 0 Å². The molecule has 0 aliphatic rings. The van der Waals surface area contributed by atoms with Crippen LogP contribution in [-0.4, -0.2) is 13.1 Å². The number of rotatable bonds is 3. The van der Waals surface area contributed by atoms with Crippen LogP contribution in [0, 0.1) is 0 Å². The number of halogens is 6. The van der Waals surface area contributed by atoms with Crippen LogP contribution in [0.3, 0.4) is 0 Å². The highest BCUT2D eigenvalue weighted by Gasteiger charge is 2.32. The van der Waals surface area contributed by atoms with E-state index in [9.17, 15) is 18.0 Å². The maximum absolute atomic E-state index is 12.7. The van der Waals surface area contributed by atoms with Gasteiger partial charge in [-0.25, -0.2) is 4.79 Å². The van der Waals surface area contributed by atoms with Crippen molar-refractivity contribution in [2.75, 3.05) is 7.11 Å².